The molecule has 0 saturated heterocycles. The molecule has 5 nitrogen and oxygen atoms in total. The van der Waals surface area contributed by atoms with Gasteiger partial charge in [-0.25, -0.2) is 4.98 Å². The molecule has 0 amide bonds. The van der Waals surface area contributed by atoms with Gasteiger partial charge in [0, 0.05) is 11.8 Å². The van der Waals surface area contributed by atoms with E-state index in [1.54, 1.807) is 0 Å². The Morgan fingerprint density at radius 1 is 1.61 bits per heavy atom. The lowest BCUT2D eigenvalue weighted by Crippen LogP contribution is -2.40. The van der Waals surface area contributed by atoms with Gasteiger partial charge in [-0.1, -0.05) is 11.8 Å². The summed E-state index contributed by atoms with van der Waals surface area (Å²) in [6, 6.07) is 0.169. The van der Waals surface area contributed by atoms with Crippen molar-refractivity contribution in [2.24, 2.45) is 0 Å². The zero-order valence-electron chi connectivity index (χ0n) is 10.9. The largest absolute Gasteiger partial charge is 0.468 e. The highest BCUT2D eigenvalue weighted by Gasteiger charge is 2.29. The Hall–Kier alpha value is -1.01. The van der Waals surface area contributed by atoms with Gasteiger partial charge in [0.25, 0.3) is 5.22 Å². The lowest BCUT2D eigenvalue weighted by atomic mass is 10.3. The standard InChI is InChI=1S/C12H18N2O3S/c1-7-8(2)17-12(13-7)18-6-10(11(15)16-3)14-9-4-5-9/h9-10,14H,4-6H2,1-3H3. The van der Waals surface area contributed by atoms with Crippen molar-refractivity contribution in [1.29, 1.82) is 0 Å². The van der Waals surface area contributed by atoms with Gasteiger partial charge in [-0.15, -0.1) is 0 Å². The monoisotopic (exact) mass is 270 g/mol. The molecule has 1 fully saturated rings. The Morgan fingerprint density at radius 2 is 2.33 bits per heavy atom. The molecule has 1 saturated carbocycles. The third-order valence-electron chi connectivity index (χ3n) is 2.88. The van der Waals surface area contributed by atoms with Crippen LogP contribution in [0.4, 0.5) is 0 Å². The first-order valence-corrected chi connectivity index (χ1v) is 6.99. The van der Waals surface area contributed by atoms with Crippen LogP contribution in [0, 0.1) is 13.8 Å². The minimum atomic E-state index is -0.292. The molecule has 2 rings (SSSR count). The van der Waals surface area contributed by atoms with Gasteiger partial charge in [0.05, 0.1) is 12.8 Å². The summed E-state index contributed by atoms with van der Waals surface area (Å²) in [5, 5.41) is 3.88. The molecule has 0 aromatic carbocycles. The van der Waals surface area contributed by atoms with Crippen LogP contribution < -0.4 is 5.32 Å². The van der Waals surface area contributed by atoms with Crippen molar-refractivity contribution in [3.8, 4) is 0 Å². The van der Waals surface area contributed by atoms with E-state index in [-0.39, 0.29) is 12.0 Å². The number of rotatable bonds is 6. The van der Waals surface area contributed by atoms with Crippen LogP contribution in [0.1, 0.15) is 24.3 Å². The average molecular weight is 270 g/mol. The SMILES string of the molecule is COC(=O)C(CSc1nc(C)c(C)o1)NC1CC1. The summed E-state index contributed by atoms with van der Waals surface area (Å²) in [5.41, 5.74) is 0.891. The van der Waals surface area contributed by atoms with Crippen LogP contribution in [-0.4, -0.2) is 35.9 Å². The van der Waals surface area contributed by atoms with Crippen molar-refractivity contribution in [2.45, 2.75) is 44.0 Å². The van der Waals surface area contributed by atoms with Gasteiger partial charge in [0.2, 0.25) is 0 Å². The zero-order valence-corrected chi connectivity index (χ0v) is 11.7. The lowest BCUT2D eigenvalue weighted by Gasteiger charge is -2.14. The Labute approximate surface area is 111 Å². The van der Waals surface area contributed by atoms with Crippen LogP contribution in [0.25, 0.3) is 0 Å². The van der Waals surface area contributed by atoms with Crippen molar-refractivity contribution in [2.75, 3.05) is 12.9 Å². The first kappa shape index (κ1) is 13.4. The number of esters is 1. The number of carbonyl (C=O) groups is 1. The highest BCUT2D eigenvalue weighted by Crippen LogP contribution is 2.24. The summed E-state index contributed by atoms with van der Waals surface area (Å²) in [5.74, 6) is 1.17. The normalized spacial score (nSPS) is 16.6. The number of methoxy groups -OCH3 is 1. The van der Waals surface area contributed by atoms with Crippen LogP contribution in [0.5, 0.6) is 0 Å². The second kappa shape index (κ2) is 5.75. The lowest BCUT2D eigenvalue weighted by molar-refractivity contribution is -0.142. The molecule has 0 radical (unpaired) electrons. The molecule has 1 heterocycles. The van der Waals surface area contributed by atoms with E-state index in [4.69, 9.17) is 9.15 Å². The quantitative estimate of drug-likeness (QED) is 0.626. The molecule has 1 N–H and O–H groups in total. The molecule has 1 aliphatic carbocycles. The smallest absolute Gasteiger partial charge is 0.323 e. The van der Waals surface area contributed by atoms with Crippen LogP contribution in [-0.2, 0) is 9.53 Å². The molecule has 1 unspecified atom stereocenters. The van der Waals surface area contributed by atoms with Crippen LogP contribution in [0.15, 0.2) is 9.64 Å². The van der Waals surface area contributed by atoms with Crippen LogP contribution >= 0.6 is 11.8 Å². The summed E-state index contributed by atoms with van der Waals surface area (Å²) in [7, 11) is 1.41. The van der Waals surface area contributed by atoms with Crippen molar-refractivity contribution in [3.05, 3.63) is 11.5 Å². The van der Waals surface area contributed by atoms with E-state index in [9.17, 15) is 4.79 Å². The van der Waals surface area contributed by atoms with Crippen LogP contribution in [0.2, 0.25) is 0 Å². The van der Waals surface area contributed by atoms with E-state index in [1.807, 2.05) is 13.8 Å². The summed E-state index contributed by atoms with van der Waals surface area (Å²) >= 11 is 1.44. The topological polar surface area (TPSA) is 64.4 Å². The number of carbonyl (C=O) groups excluding carboxylic acids is 1. The highest BCUT2D eigenvalue weighted by molar-refractivity contribution is 7.99. The average Bonchev–Trinajstić information content (AvgIpc) is 3.11. The van der Waals surface area contributed by atoms with Gasteiger partial charge in [0.1, 0.15) is 11.8 Å². The minimum absolute atomic E-state index is 0.227. The predicted octanol–water partition coefficient (Wildman–Crippen LogP) is 1.68. The Balaban J connectivity index is 1.89. The van der Waals surface area contributed by atoms with Gasteiger partial charge in [-0.05, 0) is 26.7 Å². The van der Waals surface area contributed by atoms with Crippen molar-refractivity contribution < 1.29 is 13.9 Å². The van der Waals surface area contributed by atoms with E-state index < -0.39 is 0 Å². The summed E-state index contributed by atoms with van der Waals surface area (Å²) < 4.78 is 10.3. The number of aromatic nitrogens is 1. The second-order valence-electron chi connectivity index (χ2n) is 4.45. The van der Waals surface area contributed by atoms with Crippen molar-refractivity contribution in [1.82, 2.24) is 10.3 Å². The van der Waals surface area contributed by atoms with E-state index in [0.717, 1.165) is 24.3 Å². The van der Waals surface area contributed by atoms with Gasteiger partial charge < -0.3 is 14.5 Å². The first-order chi connectivity index (χ1) is 8.60. The number of hydrogen-bond donors (Lipinski definition) is 1. The number of nitrogens with zero attached hydrogens (tertiary/aromatic N) is 1. The molecular weight excluding hydrogens is 252 g/mol. The fourth-order valence-electron chi connectivity index (χ4n) is 1.52. The molecule has 1 aliphatic rings. The molecule has 1 aromatic heterocycles. The van der Waals surface area contributed by atoms with Gasteiger partial charge in [-0.3, -0.25) is 4.79 Å². The van der Waals surface area contributed by atoms with Gasteiger partial charge in [0.15, 0.2) is 0 Å². The van der Waals surface area contributed by atoms with Crippen molar-refractivity contribution >= 4 is 17.7 Å². The number of thioether (sulfide) groups is 1. The zero-order chi connectivity index (χ0) is 13.1. The number of oxazole rings is 1. The van der Waals surface area contributed by atoms with E-state index in [2.05, 4.69) is 10.3 Å². The fraction of sp³-hybridized carbons (Fsp3) is 0.667. The molecule has 1 atom stereocenters. The summed E-state index contributed by atoms with van der Waals surface area (Å²) in [4.78, 5) is 15.9. The molecule has 18 heavy (non-hydrogen) atoms. The van der Waals surface area contributed by atoms with Gasteiger partial charge >= 0.3 is 5.97 Å². The fourth-order valence-corrected chi connectivity index (χ4v) is 2.45. The molecule has 6 heteroatoms. The molecule has 100 valence electrons. The first-order valence-electron chi connectivity index (χ1n) is 6.01. The Kier molecular flexibility index (Phi) is 4.29. The molecule has 1 aromatic rings. The van der Waals surface area contributed by atoms with E-state index in [0.29, 0.717) is 17.0 Å². The van der Waals surface area contributed by atoms with E-state index >= 15 is 0 Å². The Bertz CT molecular complexity index is 409. The number of ether oxygens (including phenoxy) is 1. The molecule has 0 bridgehead atoms. The highest BCUT2D eigenvalue weighted by atomic mass is 32.2. The third kappa shape index (κ3) is 3.49. The van der Waals surface area contributed by atoms with Gasteiger partial charge in [-0.2, -0.15) is 0 Å². The maximum atomic E-state index is 11.6. The van der Waals surface area contributed by atoms with Crippen LogP contribution in [0.3, 0.4) is 0 Å². The molecule has 0 aliphatic heterocycles. The second-order valence-corrected chi connectivity index (χ2v) is 5.42. The maximum Gasteiger partial charge on any atom is 0.323 e. The summed E-state index contributed by atoms with van der Waals surface area (Å²) in [6.45, 7) is 3.79. The number of nitrogens with one attached hydrogen (secondary N) is 1. The third-order valence-corrected chi connectivity index (χ3v) is 3.80. The predicted molar refractivity (Wildman–Crippen MR) is 68.7 cm³/mol. The summed E-state index contributed by atoms with van der Waals surface area (Å²) in [6.07, 6.45) is 2.27. The minimum Gasteiger partial charge on any atom is -0.468 e. The number of hydrogen-bond acceptors (Lipinski definition) is 6. The van der Waals surface area contributed by atoms with Crippen molar-refractivity contribution in [3.63, 3.8) is 0 Å². The molecule has 0 spiro atoms. The maximum absolute atomic E-state index is 11.6. The Morgan fingerprint density at radius 3 is 2.83 bits per heavy atom. The van der Waals surface area contributed by atoms with E-state index in [1.165, 1.54) is 18.9 Å². The molecular formula is C12H18N2O3S. The number of aryl methyl sites for hydroxylation is 2.